The van der Waals surface area contributed by atoms with Crippen molar-refractivity contribution in [1.29, 1.82) is 0 Å². The summed E-state index contributed by atoms with van der Waals surface area (Å²) >= 11 is 0. The molecule has 0 aliphatic carbocycles. The third-order valence-electron chi connectivity index (χ3n) is 2.99. The van der Waals surface area contributed by atoms with Gasteiger partial charge in [-0.05, 0) is 24.5 Å². The lowest BCUT2D eigenvalue weighted by Crippen LogP contribution is -1.84. The van der Waals surface area contributed by atoms with Gasteiger partial charge in [-0.15, -0.1) is 0 Å². The number of hydrogen-bond acceptors (Lipinski definition) is 3. The maximum absolute atomic E-state index is 5.33. The standard InChI is InChI=1S/C14H15N3O/c1-10-15-14(17-16-10)13-4-2-11(3-5-13)8-12-6-7-18-9-12/h2-5,8H,6-7,9H2,1H3,(H,15,16,17)/b12-8-. The zero-order chi connectivity index (χ0) is 12.4. The lowest BCUT2D eigenvalue weighted by molar-refractivity contribution is 0.205. The Morgan fingerprint density at radius 1 is 1.28 bits per heavy atom. The molecule has 1 aromatic carbocycles. The smallest absolute Gasteiger partial charge is 0.181 e. The number of rotatable bonds is 2. The maximum Gasteiger partial charge on any atom is 0.181 e. The molecule has 0 saturated carbocycles. The van der Waals surface area contributed by atoms with Crippen molar-refractivity contribution >= 4 is 6.08 Å². The van der Waals surface area contributed by atoms with Gasteiger partial charge in [0.25, 0.3) is 0 Å². The van der Waals surface area contributed by atoms with Crippen LogP contribution in [-0.2, 0) is 4.74 Å². The number of H-pyrrole nitrogens is 1. The molecule has 1 aromatic heterocycles. The highest BCUT2D eigenvalue weighted by Crippen LogP contribution is 2.19. The Kier molecular flexibility index (Phi) is 2.94. The van der Waals surface area contributed by atoms with Crippen molar-refractivity contribution in [3.63, 3.8) is 0 Å². The second-order valence-electron chi connectivity index (χ2n) is 4.47. The molecular weight excluding hydrogens is 226 g/mol. The van der Waals surface area contributed by atoms with Crippen LogP contribution in [-0.4, -0.2) is 28.4 Å². The van der Waals surface area contributed by atoms with Crippen LogP contribution in [0.2, 0.25) is 0 Å². The number of benzene rings is 1. The summed E-state index contributed by atoms with van der Waals surface area (Å²) in [5.41, 5.74) is 3.59. The molecule has 92 valence electrons. The van der Waals surface area contributed by atoms with E-state index in [4.69, 9.17) is 4.74 Å². The van der Waals surface area contributed by atoms with Gasteiger partial charge >= 0.3 is 0 Å². The first-order valence-electron chi connectivity index (χ1n) is 6.08. The average Bonchev–Trinajstić information content (AvgIpc) is 3.02. The molecule has 4 nitrogen and oxygen atoms in total. The Morgan fingerprint density at radius 2 is 2.11 bits per heavy atom. The quantitative estimate of drug-likeness (QED) is 0.879. The van der Waals surface area contributed by atoms with Crippen LogP contribution in [0.15, 0.2) is 29.8 Å². The first-order valence-corrected chi connectivity index (χ1v) is 6.08. The summed E-state index contributed by atoms with van der Waals surface area (Å²) < 4.78 is 5.33. The molecule has 0 amide bonds. The van der Waals surface area contributed by atoms with E-state index in [2.05, 4.69) is 33.4 Å². The molecule has 18 heavy (non-hydrogen) atoms. The first kappa shape index (κ1) is 11.2. The van der Waals surface area contributed by atoms with E-state index in [1.807, 2.05) is 19.1 Å². The SMILES string of the molecule is Cc1nc(-c2ccc(/C=C3/CCOC3)cc2)n[nH]1. The molecule has 0 bridgehead atoms. The Bertz CT molecular complexity index is 561. The maximum atomic E-state index is 5.33. The van der Waals surface area contributed by atoms with Gasteiger partial charge in [0.2, 0.25) is 0 Å². The fourth-order valence-electron chi connectivity index (χ4n) is 2.03. The van der Waals surface area contributed by atoms with Gasteiger partial charge in [0, 0.05) is 5.56 Å². The second kappa shape index (κ2) is 4.74. The highest BCUT2D eigenvalue weighted by Gasteiger charge is 2.07. The molecule has 2 heterocycles. The number of aryl methyl sites for hydroxylation is 1. The van der Waals surface area contributed by atoms with Crippen molar-refractivity contribution in [3.05, 3.63) is 41.2 Å². The topological polar surface area (TPSA) is 50.8 Å². The molecule has 1 N–H and O–H groups in total. The van der Waals surface area contributed by atoms with Gasteiger partial charge < -0.3 is 4.74 Å². The van der Waals surface area contributed by atoms with E-state index in [1.54, 1.807) is 0 Å². The van der Waals surface area contributed by atoms with Gasteiger partial charge in [-0.2, -0.15) is 5.10 Å². The van der Waals surface area contributed by atoms with Crippen molar-refractivity contribution in [2.75, 3.05) is 13.2 Å². The highest BCUT2D eigenvalue weighted by atomic mass is 16.5. The van der Waals surface area contributed by atoms with Crippen LogP contribution in [0.1, 0.15) is 17.8 Å². The molecule has 0 spiro atoms. The highest BCUT2D eigenvalue weighted by molar-refractivity contribution is 5.60. The van der Waals surface area contributed by atoms with Gasteiger partial charge in [-0.3, -0.25) is 5.10 Å². The van der Waals surface area contributed by atoms with Crippen molar-refractivity contribution in [2.24, 2.45) is 0 Å². The lowest BCUT2D eigenvalue weighted by atomic mass is 10.1. The molecule has 2 aromatic rings. The number of ether oxygens (including phenoxy) is 1. The molecule has 4 heteroatoms. The van der Waals surface area contributed by atoms with Gasteiger partial charge in [0.1, 0.15) is 5.82 Å². The molecule has 0 radical (unpaired) electrons. The number of aromatic nitrogens is 3. The number of aromatic amines is 1. The van der Waals surface area contributed by atoms with Crippen LogP contribution >= 0.6 is 0 Å². The first-order chi connectivity index (χ1) is 8.81. The predicted molar refractivity (Wildman–Crippen MR) is 70.0 cm³/mol. The van der Waals surface area contributed by atoms with Crippen LogP contribution in [0.4, 0.5) is 0 Å². The molecule has 1 fully saturated rings. The van der Waals surface area contributed by atoms with E-state index in [0.717, 1.165) is 36.8 Å². The van der Waals surface area contributed by atoms with Gasteiger partial charge in [-0.25, -0.2) is 4.98 Å². The lowest BCUT2D eigenvalue weighted by Gasteiger charge is -1.98. The minimum atomic E-state index is 0.746. The molecule has 0 unspecified atom stereocenters. The van der Waals surface area contributed by atoms with Crippen LogP contribution in [0.3, 0.4) is 0 Å². The molecule has 3 rings (SSSR count). The third kappa shape index (κ3) is 2.33. The Hall–Kier alpha value is -1.94. The summed E-state index contributed by atoms with van der Waals surface area (Å²) in [6, 6.07) is 8.27. The van der Waals surface area contributed by atoms with E-state index in [9.17, 15) is 0 Å². The van der Waals surface area contributed by atoms with Crippen molar-refractivity contribution in [2.45, 2.75) is 13.3 Å². The van der Waals surface area contributed by atoms with Crippen LogP contribution < -0.4 is 0 Å². The second-order valence-corrected chi connectivity index (χ2v) is 4.47. The normalized spacial score (nSPS) is 17.5. The summed E-state index contributed by atoms with van der Waals surface area (Å²) in [6.07, 6.45) is 3.24. The molecule has 1 aliphatic heterocycles. The monoisotopic (exact) mass is 241 g/mol. The Labute approximate surface area is 106 Å². The largest absolute Gasteiger partial charge is 0.377 e. The summed E-state index contributed by atoms with van der Waals surface area (Å²) in [5, 5.41) is 7.00. The summed E-state index contributed by atoms with van der Waals surface area (Å²) in [4.78, 5) is 4.31. The predicted octanol–water partition coefficient (Wildman–Crippen LogP) is 2.58. The van der Waals surface area contributed by atoms with Gasteiger partial charge in [-0.1, -0.05) is 30.3 Å². The fourth-order valence-corrected chi connectivity index (χ4v) is 2.03. The van der Waals surface area contributed by atoms with E-state index in [-0.39, 0.29) is 0 Å². The van der Waals surface area contributed by atoms with Crippen molar-refractivity contribution in [3.8, 4) is 11.4 Å². The van der Waals surface area contributed by atoms with Gasteiger partial charge in [0.05, 0.1) is 13.2 Å². The fraction of sp³-hybridized carbons (Fsp3) is 0.286. The van der Waals surface area contributed by atoms with Crippen LogP contribution in [0.25, 0.3) is 17.5 Å². The molecule has 0 atom stereocenters. The third-order valence-corrected chi connectivity index (χ3v) is 2.99. The average molecular weight is 241 g/mol. The number of hydrogen-bond donors (Lipinski definition) is 1. The minimum absolute atomic E-state index is 0.746. The summed E-state index contributed by atoms with van der Waals surface area (Å²) in [6.45, 7) is 3.51. The van der Waals surface area contributed by atoms with Gasteiger partial charge in [0.15, 0.2) is 5.82 Å². The van der Waals surface area contributed by atoms with E-state index < -0.39 is 0 Å². The van der Waals surface area contributed by atoms with E-state index >= 15 is 0 Å². The summed E-state index contributed by atoms with van der Waals surface area (Å²) in [5.74, 6) is 1.58. The van der Waals surface area contributed by atoms with E-state index in [0.29, 0.717) is 0 Å². The molecule has 1 saturated heterocycles. The van der Waals surface area contributed by atoms with Crippen LogP contribution in [0.5, 0.6) is 0 Å². The molecular formula is C14H15N3O. The Balaban J connectivity index is 1.82. The summed E-state index contributed by atoms with van der Waals surface area (Å²) in [7, 11) is 0. The molecule has 1 aliphatic rings. The van der Waals surface area contributed by atoms with Crippen molar-refractivity contribution < 1.29 is 4.74 Å². The van der Waals surface area contributed by atoms with Crippen molar-refractivity contribution in [1.82, 2.24) is 15.2 Å². The van der Waals surface area contributed by atoms with Crippen LogP contribution in [0, 0.1) is 6.92 Å². The minimum Gasteiger partial charge on any atom is -0.377 e. The van der Waals surface area contributed by atoms with E-state index in [1.165, 1.54) is 11.1 Å². The zero-order valence-electron chi connectivity index (χ0n) is 10.3. The number of nitrogens with one attached hydrogen (secondary N) is 1. The Morgan fingerprint density at radius 3 is 2.72 bits per heavy atom. The number of nitrogens with zero attached hydrogens (tertiary/aromatic N) is 2. The zero-order valence-corrected chi connectivity index (χ0v) is 10.3.